The second kappa shape index (κ2) is 7.38. The summed E-state index contributed by atoms with van der Waals surface area (Å²) < 4.78 is 0. The maximum atomic E-state index is 3.10. The Morgan fingerprint density at radius 2 is 0.944 bits per heavy atom. The Kier molecular flexibility index (Phi) is 5.78. The fourth-order valence-corrected chi connectivity index (χ4v) is 1.71. The summed E-state index contributed by atoms with van der Waals surface area (Å²) in [6.45, 7) is 4.18. The van der Waals surface area contributed by atoms with E-state index in [2.05, 4.69) is 48.7 Å². The smallest absolute Gasteiger partial charge is 0.0367 e. The lowest BCUT2D eigenvalue weighted by Gasteiger charge is -2.01. The van der Waals surface area contributed by atoms with Gasteiger partial charge in [0, 0.05) is 25.5 Å². The Morgan fingerprint density at radius 1 is 0.611 bits per heavy atom. The van der Waals surface area contributed by atoms with Gasteiger partial charge in [-0.25, -0.2) is 0 Å². The average molecular weight is 242 g/mol. The number of hydrogen-bond donors (Lipinski definition) is 2. The summed E-state index contributed by atoms with van der Waals surface area (Å²) >= 11 is 0. The molecule has 0 saturated heterocycles. The maximum Gasteiger partial charge on any atom is 0.0367 e. The molecule has 0 aliphatic rings. The van der Waals surface area contributed by atoms with Gasteiger partial charge in [0.25, 0.3) is 0 Å². The van der Waals surface area contributed by atoms with E-state index in [9.17, 15) is 0 Å². The first-order valence-corrected chi connectivity index (χ1v) is 6.15. The highest BCUT2D eigenvalue weighted by Crippen LogP contribution is 2.11. The van der Waals surface area contributed by atoms with Gasteiger partial charge in [0.15, 0.2) is 0 Å². The normalized spacial score (nSPS) is 9.11. The molecule has 2 rings (SSSR count). The molecule has 0 aliphatic carbocycles. The van der Waals surface area contributed by atoms with Crippen molar-refractivity contribution in [3.63, 3.8) is 0 Å². The number of aryl methyl sites for hydroxylation is 2. The summed E-state index contributed by atoms with van der Waals surface area (Å²) in [5.74, 6) is 0. The topological polar surface area (TPSA) is 24.1 Å². The standard InChI is InChI=1S/2C8H11N/c2*1-7-5-3-4-6-8(7)9-2/h2*3-6,9H,1-2H3. The van der Waals surface area contributed by atoms with Crippen molar-refractivity contribution in [3.8, 4) is 0 Å². The van der Waals surface area contributed by atoms with E-state index in [0.717, 1.165) is 0 Å². The molecule has 96 valence electrons. The van der Waals surface area contributed by atoms with Crippen molar-refractivity contribution in [2.45, 2.75) is 13.8 Å². The maximum absolute atomic E-state index is 3.10. The van der Waals surface area contributed by atoms with Crippen molar-refractivity contribution in [1.82, 2.24) is 0 Å². The third-order valence-corrected chi connectivity index (χ3v) is 2.83. The predicted molar refractivity (Wildman–Crippen MR) is 81.5 cm³/mol. The molecule has 0 aromatic heterocycles. The fraction of sp³-hybridized carbons (Fsp3) is 0.250. The van der Waals surface area contributed by atoms with E-state index < -0.39 is 0 Å². The number of hydrogen-bond acceptors (Lipinski definition) is 2. The molecule has 0 bridgehead atoms. The minimum Gasteiger partial charge on any atom is -0.388 e. The molecule has 0 atom stereocenters. The number of nitrogens with one attached hydrogen (secondary N) is 2. The Balaban J connectivity index is 0.000000180. The molecule has 2 aromatic rings. The van der Waals surface area contributed by atoms with Crippen LogP contribution in [-0.4, -0.2) is 14.1 Å². The number of para-hydroxylation sites is 2. The summed E-state index contributed by atoms with van der Waals surface area (Å²) in [4.78, 5) is 0. The van der Waals surface area contributed by atoms with Gasteiger partial charge in [-0.05, 0) is 37.1 Å². The lowest BCUT2D eigenvalue weighted by Crippen LogP contribution is -1.89. The number of anilines is 2. The van der Waals surface area contributed by atoms with Crippen molar-refractivity contribution in [1.29, 1.82) is 0 Å². The second-order valence-electron chi connectivity index (χ2n) is 4.13. The second-order valence-corrected chi connectivity index (χ2v) is 4.13. The van der Waals surface area contributed by atoms with Crippen LogP contribution in [0.4, 0.5) is 11.4 Å². The number of benzene rings is 2. The molecule has 18 heavy (non-hydrogen) atoms. The third-order valence-electron chi connectivity index (χ3n) is 2.83. The zero-order chi connectivity index (χ0) is 13.4. The summed E-state index contributed by atoms with van der Waals surface area (Å²) in [5, 5.41) is 6.19. The molecule has 2 nitrogen and oxygen atoms in total. The molecule has 2 heteroatoms. The third kappa shape index (κ3) is 4.13. The first kappa shape index (κ1) is 14.1. The van der Waals surface area contributed by atoms with E-state index in [4.69, 9.17) is 0 Å². The lowest BCUT2D eigenvalue weighted by atomic mass is 10.2. The van der Waals surface area contributed by atoms with E-state index in [1.54, 1.807) is 0 Å². The molecule has 2 N–H and O–H groups in total. The van der Waals surface area contributed by atoms with Crippen LogP contribution >= 0.6 is 0 Å². The number of rotatable bonds is 2. The van der Waals surface area contributed by atoms with Crippen LogP contribution in [0.5, 0.6) is 0 Å². The van der Waals surface area contributed by atoms with E-state index in [1.165, 1.54) is 22.5 Å². The van der Waals surface area contributed by atoms with Gasteiger partial charge in [-0.2, -0.15) is 0 Å². The van der Waals surface area contributed by atoms with Gasteiger partial charge in [-0.3, -0.25) is 0 Å². The molecule has 0 heterocycles. The predicted octanol–water partition coefficient (Wildman–Crippen LogP) is 4.07. The molecular weight excluding hydrogens is 220 g/mol. The Bertz CT molecular complexity index is 433. The summed E-state index contributed by atoms with van der Waals surface area (Å²) in [6, 6.07) is 16.4. The molecule has 2 aromatic carbocycles. The molecule has 0 saturated carbocycles. The molecule has 0 unspecified atom stereocenters. The fourth-order valence-electron chi connectivity index (χ4n) is 1.71. The van der Waals surface area contributed by atoms with Crippen molar-refractivity contribution < 1.29 is 0 Å². The van der Waals surface area contributed by atoms with Gasteiger partial charge in [0.05, 0.1) is 0 Å². The first-order chi connectivity index (χ1) is 8.69. The van der Waals surface area contributed by atoms with E-state index in [0.29, 0.717) is 0 Å². The van der Waals surface area contributed by atoms with Gasteiger partial charge >= 0.3 is 0 Å². The molecule has 0 radical (unpaired) electrons. The van der Waals surface area contributed by atoms with E-state index >= 15 is 0 Å². The van der Waals surface area contributed by atoms with Crippen LogP contribution in [-0.2, 0) is 0 Å². The van der Waals surface area contributed by atoms with Gasteiger partial charge < -0.3 is 10.6 Å². The molecular formula is C16H22N2. The average Bonchev–Trinajstić information content (AvgIpc) is 2.41. The van der Waals surface area contributed by atoms with Crippen LogP contribution in [0.25, 0.3) is 0 Å². The monoisotopic (exact) mass is 242 g/mol. The van der Waals surface area contributed by atoms with Crippen molar-refractivity contribution in [2.24, 2.45) is 0 Å². The van der Waals surface area contributed by atoms with Gasteiger partial charge in [-0.1, -0.05) is 36.4 Å². The van der Waals surface area contributed by atoms with Gasteiger partial charge in [-0.15, -0.1) is 0 Å². The zero-order valence-electron chi connectivity index (χ0n) is 11.6. The molecule has 0 aliphatic heterocycles. The Labute approximate surface area is 110 Å². The molecule has 0 fully saturated rings. The van der Waals surface area contributed by atoms with Crippen molar-refractivity contribution in [3.05, 3.63) is 59.7 Å². The van der Waals surface area contributed by atoms with Crippen molar-refractivity contribution >= 4 is 11.4 Å². The van der Waals surface area contributed by atoms with Crippen LogP contribution in [0.3, 0.4) is 0 Å². The minimum atomic E-state index is 1.21. The van der Waals surface area contributed by atoms with Crippen LogP contribution in [0.1, 0.15) is 11.1 Å². The van der Waals surface area contributed by atoms with Crippen LogP contribution in [0.15, 0.2) is 48.5 Å². The summed E-state index contributed by atoms with van der Waals surface area (Å²) in [6.07, 6.45) is 0. The van der Waals surface area contributed by atoms with Gasteiger partial charge in [0.2, 0.25) is 0 Å². The summed E-state index contributed by atoms with van der Waals surface area (Å²) in [7, 11) is 3.87. The quantitative estimate of drug-likeness (QED) is 0.829. The summed E-state index contributed by atoms with van der Waals surface area (Å²) in [5.41, 5.74) is 5.00. The highest BCUT2D eigenvalue weighted by atomic mass is 14.8. The first-order valence-electron chi connectivity index (χ1n) is 6.15. The van der Waals surface area contributed by atoms with E-state index in [1.807, 2.05) is 38.4 Å². The molecule has 0 amide bonds. The largest absolute Gasteiger partial charge is 0.388 e. The van der Waals surface area contributed by atoms with Crippen molar-refractivity contribution in [2.75, 3.05) is 24.7 Å². The minimum absolute atomic E-state index is 1.21. The SMILES string of the molecule is CNc1ccccc1C.CNc1ccccc1C. The lowest BCUT2D eigenvalue weighted by molar-refractivity contribution is 1.41. The van der Waals surface area contributed by atoms with Crippen LogP contribution < -0.4 is 10.6 Å². The highest BCUT2D eigenvalue weighted by Gasteiger charge is 1.89. The zero-order valence-corrected chi connectivity index (χ0v) is 11.6. The molecule has 0 spiro atoms. The van der Waals surface area contributed by atoms with Crippen LogP contribution in [0.2, 0.25) is 0 Å². The van der Waals surface area contributed by atoms with E-state index in [-0.39, 0.29) is 0 Å². The van der Waals surface area contributed by atoms with Crippen LogP contribution in [0, 0.1) is 13.8 Å². The highest BCUT2D eigenvalue weighted by molar-refractivity contribution is 5.50. The Hall–Kier alpha value is -1.96. The van der Waals surface area contributed by atoms with Gasteiger partial charge in [0.1, 0.15) is 0 Å². The Morgan fingerprint density at radius 3 is 1.17 bits per heavy atom.